The first-order valence-corrected chi connectivity index (χ1v) is 12.7. The third-order valence-corrected chi connectivity index (χ3v) is 7.55. The summed E-state index contributed by atoms with van der Waals surface area (Å²) in [6.07, 6.45) is 5.03. The Labute approximate surface area is 196 Å². The Kier molecular flexibility index (Phi) is 7.97. The van der Waals surface area contributed by atoms with E-state index in [1.807, 2.05) is 0 Å². The van der Waals surface area contributed by atoms with Crippen LogP contribution in [0.3, 0.4) is 0 Å². The minimum Gasteiger partial charge on any atom is -0.356 e. The van der Waals surface area contributed by atoms with Crippen LogP contribution < -0.4 is 4.90 Å². The highest BCUT2D eigenvalue weighted by molar-refractivity contribution is 7.89. The van der Waals surface area contributed by atoms with Crippen molar-refractivity contribution in [1.29, 1.82) is 0 Å². The maximum Gasteiger partial charge on any atom is 0.243 e. The van der Waals surface area contributed by atoms with Gasteiger partial charge in [-0.3, -0.25) is 9.59 Å². The molecular formula is C24H32N4O4S. The molecule has 33 heavy (non-hydrogen) atoms. The van der Waals surface area contributed by atoms with Gasteiger partial charge in [0.2, 0.25) is 10.0 Å². The molecule has 0 aliphatic heterocycles. The van der Waals surface area contributed by atoms with Crippen LogP contribution in [0.4, 0.5) is 5.82 Å². The maximum atomic E-state index is 13.0. The van der Waals surface area contributed by atoms with Crippen molar-refractivity contribution >= 4 is 27.4 Å². The number of sulfonamides is 1. The van der Waals surface area contributed by atoms with E-state index in [1.165, 1.54) is 39.2 Å². The van der Waals surface area contributed by atoms with Crippen molar-refractivity contribution < 1.29 is 18.0 Å². The number of hydrogen-bond donors (Lipinski definition) is 0. The van der Waals surface area contributed by atoms with Gasteiger partial charge in [0.25, 0.3) is 0 Å². The van der Waals surface area contributed by atoms with Crippen molar-refractivity contribution in [3.63, 3.8) is 0 Å². The molecular weight excluding hydrogens is 440 g/mol. The van der Waals surface area contributed by atoms with Crippen LogP contribution in [0, 0.1) is 12.8 Å². The van der Waals surface area contributed by atoms with Gasteiger partial charge in [0.1, 0.15) is 23.6 Å². The number of ketones is 2. The van der Waals surface area contributed by atoms with Gasteiger partial charge in [0.15, 0.2) is 5.78 Å². The van der Waals surface area contributed by atoms with Gasteiger partial charge in [-0.15, -0.1) is 0 Å². The summed E-state index contributed by atoms with van der Waals surface area (Å²) in [6, 6.07) is 6.43. The van der Waals surface area contributed by atoms with E-state index in [0.29, 0.717) is 17.2 Å². The van der Waals surface area contributed by atoms with E-state index in [9.17, 15) is 18.0 Å². The first-order valence-electron chi connectivity index (χ1n) is 11.3. The molecule has 0 amide bonds. The van der Waals surface area contributed by atoms with Crippen molar-refractivity contribution in [2.24, 2.45) is 5.92 Å². The second kappa shape index (κ2) is 10.5. The zero-order valence-corrected chi connectivity index (χ0v) is 20.6. The predicted molar refractivity (Wildman–Crippen MR) is 127 cm³/mol. The van der Waals surface area contributed by atoms with E-state index in [4.69, 9.17) is 0 Å². The van der Waals surface area contributed by atoms with E-state index in [2.05, 4.69) is 21.8 Å². The van der Waals surface area contributed by atoms with Crippen molar-refractivity contribution in [1.82, 2.24) is 14.3 Å². The molecule has 8 nitrogen and oxygen atoms in total. The molecule has 0 saturated heterocycles. The third-order valence-electron chi connectivity index (χ3n) is 5.75. The van der Waals surface area contributed by atoms with Crippen LogP contribution in [-0.4, -0.2) is 60.9 Å². The molecule has 1 aromatic heterocycles. The Morgan fingerprint density at radius 2 is 1.88 bits per heavy atom. The number of anilines is 1. The minimum atomic E-state index is -3.78. The van der Waals surface area contributed by atoms with Gasteiger partial charge in [-0.05, 0) is 62.3 Å². The number of rotatable bonds is 12. The Balaban J connectivity index is 1.76. The lowest BCUT2D eigenvalue weighted by Crippen LogP contribution is -2.31. The summed E-state index contributed by atoms with van der Waals surface area (Å²) < 4.78 is 26.4. The number of likely N-dealkylation sites (N-methyl/N-ethyl adjacent to an activating group) is 1. The first kappa shape index (κ1) is 25.0. The second-order valence-corrected chi connectivity index (χ2v) is 10.8. The topological polar surface area (TPSA) is 101 Å². The summed E-state index contributed by atoms with van der Waals surface area (Å²) in [4.78, 5) is 35.2. The smallest absolute Gasteiger partial charge is 0.243 e. The molecule has 1 saturated carbocycles. The third kappa shape index (κ3) is 6.45. The highest BCUT2D eigenvalue weighted by Gasteiger charge is 2.26. The number of carbonyl (C=O) groups is 2. The fourth-order valence-corrected chi connectivity index (χ4v) is 5.00. The standard InChI is InChI=1S/C24H32N4O4S/c1-5-10-28(15-19-6-7-19)24-13-22(25-16-26-24)23(30)12-20-8-9-21(11-17(20)2)33(31,32)27(4)14-18(3)29/h8-9,11,13,16,19H,5-7,10,12,14-15H2,1-4H3. The molecule has 1 aromatic carbocycles. The zero-order valence-electron chi connectivity index (χ0n) is 19.7. The molecule has 1 aliphatic carbocycles. The molecule has 2 aromatic rings. The molecule has 1 heterocycles. The Bertz CT molecular complexity index is 1130. The molecule has 0 atom stereocenters. The normalized spacial score (nSPS) is 13.8. The highest BCUT2D eigenvalue weighted by atomic mass is 32.2. The highest BCUT2D eigenvalue weighted by Crippen LogP contribution is 2.31. The SMILES string of the molecule is CCCN(CC1CC1)c1cc(C(=O)Cc2ccc(S(=O)(=O)N(C)CC(C)=O)cc2C)ncn1. The lowest BCUT2D eigenvalue weighted by Gasteiger charge is -2.23. The van der Waals surface area contributed by atoms with Crippen LogP contribution in [0.5, 0.6) is 0 Å². The van der Waals surface area contributed by atoms with Crippen LogP contribution in [0.15, 0.2) is 35.5 Å². The summed E-state index contributed by atoms with van der Waals surface area (Å²) in [7, 11) is -2.40. The van der Waals surface area contributed by atoms with Crippen LogP contribution in [0.1, 0.15) is 54.7 Å². The number of Topliss-reactive ketones (excluding diaryl/α,β-unsaturated/α-hetero) is 2. The molecule has 1 aliphatic rings. The van der Waals surface area contributed by atoms with E-state index in [-0.39, 0.29) is 29.4 Å². The van der Waals surface area contributed by atoms with Gasteiger partial charge in [0.05, 0.1) is 11.4 Å². The number of hydrogen-bond acceptors (Lipinski definition) is 7. The van der Waals surface area contributed by atoms with E-state index < -0.39 is 10.0 Å². The Hall–Kier alpha value is -2.65. The van der Waals surface area contributed by atoms with Gasteiger partial charge in [0, 0.05) is 32.6 Å². The van der Waals surface area contributed by atoms with E-state index in [0.717, 1.165) is 35.2 Å². The van der Waals surface area contributed by atoms with Crippen molar-refractivity contribution in [2.45, 2.75) is 51.3 Å². The van der Waals surface area contributed by atoms with Crippen molar-refractivity contribution in [2.75, 3.05) is 31.6 Å². The molecule has 0 unspecified atom stereocenters. The monoisotopic (exact) mass is 472 g/mol. The summed E-state index contributed by atoms with van der Waals surface area (Å²) in [6.45, 7) is 6.89. The minimum absolute atomic E-state index is 0.0968. The van der Waals surface area contributed by atoms with Gasteiger partial charge in [-0.25, -0.2) is 18.4 Å². The molecule has 9 heteroatoms. The first-order chi connectivity index (χ1) is 15.6. The molecule has 178 valence electrons. The number of aromatic nitrogens is 2. The fraction of sp³-hybridized carbons (Fsp3) is 0.500. The largest absolute Gasteiger partial charge is 0.356 e. The molecule has 0 N–H and O–H groups in total. The Morgan fingerprint density at radius 1 is 1.15 bits per heavy atom. The lowest BCUT2D eigenvalue weighted by atomic mass is 10.0. The fourth-order valence-electron chi connectivity index (χ4n) is 3.72. The van der Waals surface area contributed by atoms with E-state index >= 15 is 0 Å². The average Bonchev–Trinajstić information content (AvgIpc) is 3.58. The Morgan fingerprint density at radius 3 is 2.48 bits per heavy atom. The second-order valence-electron chi connectivity index (χ2n) is 8.80. The zero-order chi connectivity index (χ0) is 24.2. The van der Waals surface area contributed by atoms with E-state index in [1.54, 1.807) is 25.1 Å². The van der Waals surface area contributed by atoms with Crippen LogP contribution in [0.25, 0.3) is 0 Å². The van der Waals surface area contributed by atoms with Crippen LogP contribution in [-0.2, 0) is 21.2 Å². The molecule has 0 radical (unpaired) electrons. The van der Waals surface area contributed by atoms with Gasteiger partial charge < -0.3 is 4.90 Å². The summed E-state index contributed by atoms with van der Waals surface area (Å²) in [5.74, 6) is 1.10. The van der Waals surface area contributed by atoms with Crippen molar-refractivity contribution in [3.05, 3.63) is 47.4 Å². The maximum absolute atomic E-state index is 13.0. The number of carbonyl (C=O) groups excluding carboxylic acids is 2. The number of benzene rings is 1. The summed E-state index contributed by atoms with van der Waals surface area (Å²) in [5, 5.41) is 0. The molecule has 1 fully saturated rings. The quantitative estimate of drug-likeness (QED) is 0.438. The van der Waals surface area contributed by atoms with Gasteiger partial charge in [-0.1, -0.05) is 13.0 Å². The number of aryl methyl sites for hydroxylation is 1. The predicted octanol–water partition coefficient (Wildman–Crippen LogP) is 3.05. The average molecular weight is 473 g/mol. The van der Waals surface area contributed by atoms with Crippen LogP contribution >= 0.6 is 0 Å². The van der Waals surface area contributed by atoms with Crippen molar-refractivity contribution in [3.8, 4) is 0 Å². The lowest BCUT2D eigenvalue weighted by molar-refractivity contribution is -0.117. The van der Waals surface area contributed by atoms with Gasteiger partial charge >= 0.3 is 0 Å². The molecule has 3 rings (SSSR count). The number of nitrogens with zero attached hydrogens (tertiary/aromatic N) is 4. The van der Waals surface area contributed by atoms with Crippen LogP contribution in [0.2, 0.25) is 0 Å². The molecule has 0 bridgehead atoms. The summed E-state index contributed by atoms with van der Waals surface area (Å²) >= 11 is 0. The van der Waals surface area contributed by atoms with Gasteiger partial charge in [-0.2, -0.15) is 4.31 Å². The summed E-state index contributed by atoms with van der Waals surface area (Å²) in [5.41, 5.74) is 1.78. The molecule has 0 spiro atoms.